The van der Waals surface area contributed by atoms with Gasteiger partial charge >= 0.3 is 6.18 Å². The van der Waals surface area contributed by atoms with Crippen LogP contribution in [0.3, 0.4) is 0 Å². The van der Waals surface area contributed by atoms with Gasteiger partial charge in [-0.3, -0.25) is 4.79 Å². The Morgan fingerprint density at radius 2 is 1.81 bits per heavy atom. The summed E-state index contributed by atoms with van der Waals surface area (Å²) in [7, 11) is 0. The van der Waals surface area contributed by atoms with Gasteiger partial charge in [0, 0.05) is 6.04 Å². The van der Waals surface area contributed by atoms with Gasteiger partial charge in [-0.05, 0) is 53.7 Å². The van der Waals surface area contributed by atoms with Crippen molar-refractivity contribution >= 4 is 21.8 Å². The molecule has 0 spiro atoms. The zero-order chi connectivity index (χ0) is 15.6. The summed E-state index contributed by atoms with van der Waals surface area (Å²) in [5.41, 5.74) is 0.146. The maximum atomic E-state index is 13.3. The zero-order valence-corrected chi connectivity index (χ0v) is 12.6. The van der Waals surface area contributed by atoms with Gasteiger partial charge in [0.25, 0.3) is 5.91 Å². The molecule has 1 aliphatic carbocycles. The van der Waals surface area contributed by atoms with Crippen LogP contribution in [0.4, 0.5) is 17.6 Å². The minimum atomic E-state index is -4.17. The average molecular weight is 368 g/mol. The number of rotatable bonds is 2. The van der Waals surface area contributed by atoms with Crippen molar-refractivity contribution in [3.8, 4) is 0 Å². The van der Waals surface area contributed by atoms with E-state index in [9.17, 15) is 22.4 Å². The van der Waals surface area contributed by atoms with Gasteiger partial charge in [-0.25, -0.2) is 4.39 Å². The molecule has 7 heteroatoms. The topological polar surface area (TPSA) is 29.1 Å². The van der Waals surface area contributed by atoms with E-state index >= 15 is 0 Å². The molecule has 0 atom stereocenters. The van der Waals surface area contributed by atoms with Crippen LogP contribution in [0.2, 0.25) is 0 Å². The van der Waals surface area contributed by atoms with E-state index in [0.29, 0.717) is 0 Å². The molecular weight excluding hydrogens is 354 g/mol. The molecule has 0 saturated heterocycles. The minimum Gasteiger partial charge on any atom is -0.349 e. The van der Waals surface area contributed by atoms with Gasteiger partial charge in [0.2, 0.25) is 0 Å². The third-order valence-electron chi connectivity index (χ3n) is 3.72. The fraction of sp³-hybridized carbons (Fsp3) is 0.500. The normalized spacial score (nSPS) is 22.9. The van der Waals surface area contributed by atoms with E-state index in [0.717, 1.165) is 0 Å². The lowest BCUT2D eigenvalue weighted by Gasteiger charge is -2.30. The first-order chi connectivity index (χ1) is 9.79. The lowest BCUT2D eigenvalue weighted by Crippen LogP contribution is -2.40. The molecule has 2 rings (SSSR count). The summed E-state index contributed by atoms with van der Waals surface area (Å²) in [6, 6.07) is 3.79. The predicted molar refractivity (Wildman–Crippen MR) is 73.4 cm³/mol. The Morgan fingerprint density at radius 3 is 2.38 bits per heavy atom. The van der Waals surface area contributed by atoms with Crippen LogP contribution in [0.25, 0.3) is 0 Å². The van der Waals surface area contributed by atoms with Crippen molar-refractivity contribution in [3.05, 3.63) is 34.1 Å². The highest BCUT2D eigenvalue weighted by Gasteiger charge is 2.41. The molecule has 21 heavy (non-hydrogen) atoms. The highest BCUT2D eigenvalue weighted by molar-refractivity contribution is 9.10. The highest BCUT2D eigenvalue weighted by atomic mass is 79.9. The molecule has 1 fully saturated rings. The molecule has 1 N–H and O–H groups in total. The van der Waals surface area contributed by atoms with E-state index in [1.807, 2.05) is 0 Å². The number of alkyl halides is 3. The zero-order valence-electron chi connectivity index (χ0n) is 11.0. The summed E-state index contributed by atoms with van der Waals surface area (Å²) in [6.45, 7) is 0. The molecule has 0 radical (unpaired) electrons. The van der Waals surface area contributed by atoms with Crippen molar-refractivity contribution in [2.75, 3.05) is 0 Å². The summed E-state index contributed by atoms with van der Waals surface area (Å²) >= 11 is 3.00. The van der Waals surface area contributed by atoms with Crippen molar-refractivity contribution in [2.24, 2.45) is 5.92 Å². The van der Waals surface area contributed by atoms with Gasteiger partial charge in [0.15, 0.2) is 0 Å². The maximum absolute atomic E-state index is 13.3. The van der Waals surface area contributed by atoms with E-state index in [4.69, 9.17) is 0 Å². The monoisotopic (exact) mass is 367 g/mol. The number of hydrogen-bond donors (Lipinski definition) is 1. The second-order valence-corrected chi connectivity index (χ2v) is 5.96. The van der Waals surface area contributed by atoms with E-state index in [-0.39, 0.29) is 41.8 Å². The third-order valence-corrected chi connectivity index (χ3v) is 4.53. The molecule has 2 nitrogen and oxygen atoms in total. The largest absolute Gasteiger partial charge is 0.391 e. The van der Waals surface area contributed by atoms with Crippen molar-refractivity contribution < 1.29 is 22.4 Å². The second kappa shape index (κ2) is 6.34. The number of carbonyl (C=O) groups is 1. The molecule has 1 aliphatic rings. The van der Waals surface area contributed by atoms with Crippen LogP contribution in [0.15, 0.2) is 22.7 Å². The quantitative estimate of drug-likeness (QED) is 0.769. The molecule has 1 aromatic carbocycles. The van der Waals surface area contributed by atoms with Crippen molar-refractivity contribution in [1.29, 1.82) is 0 Å². The van der Waals surface area contributed by atoms with E-state index in [1.54, 1.807) is 0 Å². The van der Waals surface area contributed by atoms with Crippen LogP contribution in [-0.4, -0.2) is 18.1 Å². The van der Waals surface area contributed by atoms with Crippen LogP contribution in [-0.2, 0) is 0 Å². The predicted octanol–water partition coefficient (Wildman–Crippen LogP) is 4.44. The molecule has 0 heterocycles. The van der Waals surface area contributed by atoms with Crippen molar-refractivity contribution in [2.45, 2.75) is 37.9 Å². The molecule has 1 amide bonds. The fourth-order valence-electron chi connectivity index (χ4n) is 2.51. The van der Waals surface area contributed by atoms with Gasteiger partial charge in [0.1, 0.15) is 5.82 Å². The summed E-state index contributed by atoms with van der Waals surface area (Å²) in [5.74, 6) is -2.31. The first kappa shape index (κ1) is 16.3. The number of amides is 1. The number of halogens is 5. The standard InChI is InChI=1S/C14H14BrF4NO/c15-12-10(2-1-3-11(12)16)13(21)20-9-6-4-8(5-7-9)14(17,18)19/h1-3,8-9H,4-7H2,(H,20,21). The maximum Gasteiger partial charge on any atom is 0.391 e. The van der Waals surface area contributed by atoms with Crippen LogP contribution in [0.5, 0.6) is 0 Å². The Bertz CT molecular complexity index is 524. The SMILES string of the molecule is O=C(NC1CCC(C(F)(F)F)CC1)c1cccc(F)c1Br. The van der Waals surface area contributed by atoms with Crippen molar-refractivity contribution in [1.82, 2.24) is 5.32 Å². The van der Waals surface area contributed by atoms with Gasteiger partial charge in [0.05, 0.1) is 16.0 Å². The number of nitrogens with one attached hydrogen (secondary N) is 1. The Labute approximate surface area is 128 Å². The number of carbonyl (C=O) groups excluding carboxylic acids is 1. The average Bonchev–Trinajstić information content (AvgIpc) is 2.41. The van der Waals surface area contributed by atoms with E-state index in [1.165, 1.54) is 18.2 Å². The minimum absolute atomic E-state index is 0.0127. The van der Waals surface area contributed by atoms with Crippen LogP contribution in [0.1, 0.15) is 36.0 Å². The lowest BCUT2D eigenvalue weighted by molar-refractivity contribution is -0.182. The van der Waals surface area contributed by atoms with Crippen LogP contribution >= 0.6 is 15.9 Å². The first-order valence-electron chi connectivity index (χ1n) is 6.60. The lowest BCUT2D eigenvalue weighted by atomic mass is 9.85. The Balaban J connectivity index is 1.95. The van der Waals surface area contributed by atoms with Gasteiger partial charge in [-0.2, -0.15) is 13.2 Å². The second-order valence-electron chi connectivity index (χ2n) is 5.17. The van der Waals surface area contributed by atoms with Crippen LogP contribution in [0, 0.1) is 11.7 Å². The molecule has 0 aromatic heterocycles. The summed E-state index contributed by atoms with van der Waals surface area (Å²) < 4.78 is 51.1. The third kappa shape index (κ3) is 3.96. The van der Waals surface area contributed by atoms with Crippen LogP contribution < -0.4 is 5.32 Å². The number of benzene rings is 1. The van der Waals surface area contributed by atoms with Gasteiger partial charge in [-0.15, -0.1) is 0 Å². The van der Waals surface area contributed by atoms with Gasteiger partial charge < -0.3 is 5.32 Å². The molecule has 116 valence electrons. The highest BCUT2D eigenvalue weighted by Crippen LogP contribution is 2.37. The molecule has 0 bridgehead atoms. The molecular formula is C14H14BrF4NO. The summed E-state index contributed by atoms with van der Waals surface area (Å²) in [6.07, 6.45) is -3.58. The van der Waals surface area contributed by atoms with Crippen molar-refractivity contribution in [3.63, 3.8) is 0 Å². The summed E-state index contributed by atoms with van der Waals surface area (Å²) in [5, 5.41) is 2.67. The molecule has 0 unspecified atom stereocenters. The molecule has 1 saturated carbocycles. The molecule has 1 aromatic rings. The summed E-state index contributed by atoms with van der Waals surface area (Å²) in [4.78, 5) is 12.0. The first-order valence-corrected chi connectivity index (χ1v) is 7.40. The Hall–Kier alpha value is -1.11. The van der Waals surface area contributed by atoms with E-state index < -0.39 is 23.8 Å². The number of hydrogen-bond acceptors (Lipinski definition) is 1. The molecule has 0 aliphatic heterocycles. The van der Waals surface area contributed by atoms with Gasteiger partial charge in [-0.1, -0.05) is 6.07 Å². The Kier molecular flexibility index (Phi) is 4.91. The smallest absolute Gasteiger partial charge is 0.349 e. The Morgan fingerprint density at radius 1 is 1.19 bits per heavy atom. The van der Waals surface area contributed by atoms with E-state index in [2.05, 4.69) is 21.2 Å². The fourth-order valence-corrected chi connectivity index (χ4v) is 2.95.